The van der Waals surface area contributed by atoms with Crippen LogP contribution in [0, 0.1) is 0 Å². The molecule has 24 heavy (non-hydrogen) atoms. The summed E-state index contributed by atoms with van der Waals surface area (Å²) in [5.74, 6) is 0.120. The van der Waals surface area contributed by atoms with Crippen LogP contribution in [0.2, 0.25) is 0 Å². The minimum atomic E-state index is -0.841. The summed E-state index contributed by atoms with van der Waals surface area (Å²) >= 11 is 2.76. The number of thioether (sulfide) groups is 2. The molecule has 0 saturated carbocycles. The molecule has 0 saturated heterocycles. The molecule has 0 aromatic carbocycles. The molecule has 1 N–H and O–H groups in total. The topological polar surface area (TPSA) is 84.1 Å². The molecule has 0 fully saturated rings. The molecule has 1 aliphatic rings. The second-order valence-corrected chi connectivity index (χ2v) is 7.40. The highest BCUT2D eigenvalue weighted by molar-refractivity contribution is 8.26. The largest absolute Gasteiger partial charge is 0.459 e. The van der Waals surface area contributed by atoms with Crippen molar-refractivity contribution in [2.45, 2.75) is 32.7 Å². The van der Waals surface area contributed by atoms with E-state index in [1.54, 1.807) is 25.4 Å². The number of pyridine rings is 1. The summed E-state index contributed by atoms with van der Waals surface area (Å²) in [4.78, 5) is 25.5. The van der Waals surface area contributed by atoms with Gasteiger partial charge in [-0.1, -0.05) is 24.4 Å². The van der Waals surface area contributed by atoms with Crippen molar-refractivity contribution in [3.8, 4) is 0 Å². The Kier molecular flexibility index (Phi) is 7.01. The molecular formula is C16H19N3O3S2. The Morgan fingerprint density at radius 2 is 2.46 bits per heavy atom. The van der Waals surface area contributed by atoms with E-state index in [0.29, 0.717) is 15.8 Å². The first kappa shape index (κ1) is 18.7. The first-order chi connectivity index (χ1) is 11.5. The van der Waals surface area contributed by atoms with Gasteiger partial charge >= 0.3 is 5.97 Å². The van der Waals surface area contributed by atoms with Gasteiger partial charge in [-0.2, -0.15) is 0 Å². The van der Waals surface area contributed by atoms with Crippen LogP contribution in [0.15, 0.2) is 46.0 Å². The average Bonchev–Trinajstić information content (AvgIpc) is 3.02. The van der Waals surface area contributed by atoms with Crippen LogP contribution >= 0.6 is 23.5 Å². The molecule has 128 valence electrons. The predicted octanol–water partition coefficient (Wildman–Crippen LogP) is 2.64. The van der Waals surface area contributed by atoms with E-state index in [9.17, 15) is 9.90 Å². The zero-order valence-corrected chi connectivity index (χ0v) is 15.1. The van der Waals surface area contributed by atoms with Gasteiger partial charge < -0.3 is 9.84 Å². The maximum atomic E-state index is 12.2. The fourth-order valence-corrected chi connectivity index (χ4v) is 3.69. The lowest BCUT2D eigenvalue weighted by Gasteiger charge is -2.07. The number of esters is 1. The number of hydrogen-bond acceptors (Lipinski definition) is 8. The van der Waals surface area contributed by atoms with Crippen LogP contribution in [0.3, 0.4) is 0 Å². The summed E-state index contributed by atoms with van der Waals surface area (Å²) in [6, 6.07) is 3.07. The van der Waals surface area contributed by atoms with Gasteiger partial charge in [0.2, 0.25) is 0 Å². The molecule has 1 unspecified atom stereocenters. The van der Waals surface area contributed by atoms with Crippen LogP contribution < -0.4 is 0 Å². The van der Waals surface area contributed by atoms with Gasteiger partial charge in [0.25, 0.3) is 0 Å². The van der Waals surface area contributed by atoms with E-state index in [1.807, 2.05) is 13.0 Å². The summed E-state index contributed by atoms with van der Waals surface area (Å²) in [5, 5.41) is 10.7. The number of ether oxygens (including phenoxy) is 1. The maximum Gasteiger partial charge on any atom is 0.332 e. The van der Waals surface area contributed by atoms with Crippen molar-refractivity contribution in [2.75, 3.05) is 5.75 Å². The van der Waals surface area contributed by atoms with Gasteiger partial charge in [0.05, 0.1) is 0 Å². The zero-order valence-electron chi connectivity index (χ0n) is 13.5. The van der Waals surface area contributed by atoms with Crippen molar-refractivity contribution in [1.29, 1.82) is 0 Å². The third-order valence-electron chi connectivity index (χ3n) is 2.78. The summed E-state index contributed by atoms with van der Waals surface area (Å²) in [5.41, 5.74) is 0.829. The van der Waals surface area contributed by atoms with Crippen molar-refractivity contribution < 1.29 is 14.6 Å². The average molecular weight is 365 g/mol. The number of rotatable bonds is 6. The summed E-state index contributed by atoms with van der Waals surface area (Å²) < 4.78 is 5.29. The highest BCUT2D eigenvalue weighted by atomic mass is 32.2. The highest BCUT2D eigenvalue weighted by Gasteiger charge is 2.29. The number of nitrogens with zero attached hydrogens (tertiary/aromatic N) is 3. The number of aliphatic imine (C=N–C) groups is 2. The van der Waals surface area contributed by atoms with Crippen molar-refractivity contribution in [3.63, 3.8) is 0 Å². The third-order valence-corrected chi connectivity index (χ3v) is 4.81. The predicted molar refractivity (Wildman–Crippen MR) is 99.2 cm³/mol. The minimum absolute atomic E-state index is 0.174. The molecule has 2 heterocycles. The maximum absolute atomic E-state index is 12.2. The zero-order chi connectivity index (χ0) is 17.5. The Labute approximate surface area is 149 Å². The van der Waals surface area contributed by atoms with Gasteiger partial charge in [-0.15, -0.1) is 11.8 Å². The number of carbonyl (C=O) groups is 1. The quantitative estimate of drug-likeness (QED) is 0.474. The van der Waals surface area contributed by atoms with Gasteiger partial charge in [0.1, 0.15) is 22.9 Å². The fraction of sp³-hybridized carbons (Fsp3) is 0.375. The molecular weight excluding hydrogens is 346 g/mol. The number of aromatic nitrogens is 1. The minimum Gasteiger partial charge on any atom is -0.459 e. The van der Waals surface area contributed by atoms with E-state index >= 15 is 0 Å². The van der Waals surface area contributed by atoms with Crippen LogP contribution in [0.1, 0.15) is 19.4 Å². The normalized spacial score (nSPS) is 18.9. The van der Waals surface area contributed by atoms with E-state index in [2.05, 4.69) is 21.5 Å². The molecule has 0 amide bonds. The van der Waals surface area contributed by atoms with Gasteiger partial charge in [-0.3, -0.25) is 9.98 Å². The summed E-state index contributed by atoms with van der Waals surface area (Å²) in [7, 11) is 0. The molecule has 0 radical (unpaired) electrons. The van der Waals surface area contributed by atoms with E-state index in [4.69, 9.17) is 4.74 Å². The summed E-state index contributed by atoms with van der Waals surface area (Å²) in [6.45, 7) is 7.42. The molecule has 1 aliphatic heterocycles. The van der Waals surface area contributed by atoms with E-state index in [-0.39, 0.29) is 12.6 Å². The first-order valence-corrected chi connectivity index (χ1v) is 9.11. The smallest absolute Gasteiger partial charge is 0.332 e. The van der Waals surface area contributed by atoms with Crippen LogP contribution in [0.4, 0.5) is 0 Å². The monoisotopic (exact) mass is 365 g/mol. The molecule has 8 heteroatoms. The molecule has 0 spiro atoms. The molecule has 0 bridgehead atoms. The summed E-state index contributed by atoms with van der Waals surface area (Å²) in [6.07, 6.45) is 2.48. The van der Waals surface area contributed by atoms with Crippen molar-refractivity contribution in [1.82, 2.24) is 4.98 Å². The van der Waals surface area contributed by atoms with E-state index in [0.717, 1.165) is 10.5 Å². The van der Waals surface area contributed by atoms with E-state index < -0.39 is 12.3 Å². The van der Waals surface area contributed by atoms with Crippen molar-refractivity contribution in [2.24, 2.45) is 9.98 Å². The van der Waals surface area contributed by atoms with Gasteiger partial charge in [-0.25, -0.2) is 9.79 Å². The molecule has 2 rings (SSSR count). The lowest BCUT2D eigenvalue weighted by Crippen LogP contribution is -2.21. The number of carbonyl (C=O) groups excluding carboxylic acids is 1. The number of aliphatic hydroxyl groups excluding tert-OH is 1. The number of allylic oxidation sites excluding steroid dienone is 1. The Morgan fingerprint density at radius 1 is 1.67 bits per heavy atom. The highest BCUT2D eigenvalue weighted by Crippen LogP contribution is 2.27. The molecule has 1 aromatic heterocycles. The van der Waals surface area contributed by atoms with Crippen LogP contribution in [0.25, 0.3) is 0 Å². The lowest BCUT2D eigenvalue weighted by molar-refractivity contribution is -0.145. The molecule has 6 nitrogen and oxygen atoms in total. The van der Waals surface area contributed by atoms with Gasteiger partial charge in [0, 0.05) is 23.7 Å². The Bertz CT molecular complexity index is 660. The van der Waals surface area contributed by atoms with Crippen LogP contribution in [-0.4, -0.2) is 44.2 Å². The van der Waals surface area contributed by atoms with Crippen molar-refractivity contribution in [3.05, 3.63) is 41.6 Å². The van der Waals surface area contributed by atoms with Crippen LogP contribution in [-0.2, 0) is 16.1 Å². The number of hydrogen-bond donors (Lipinski definition) is 1. The fourth-order valence-electron chi connectivity index (χ4n) is 1.81. The molecule has 1 aromatic rings. The third kappa shape index (κ3) is 5.77. The number of aliphatic hydroxyl groups is 1. The van der Waals surface area contributed by atoms with Gasteiger partial charge in [0.15, 0.2) is 6.04 Å². The van der Waals surface area contributed by atoms with Crippen molar-refractivity contribution >= 4 is 39.6 Å². The molecule has 2 atom stereocenters. The van der Waals surface area contributed by atoms with Crippen LogP contribution in [0.5, 0.6) is 0 Å². The van der Waals surface area contributed by atoms with E-state index in [1.165, 1.54) is 23.5 Å². The standard InChI is InChI=1S/C16H19N3O3S2/c1-10(2)24-15(18-11(3)20)14-19-13(9-23-14)16(21)22-8-12-5-4-6-17-7-12/h4-7,11,13,20H,1,8-9H2,2-3H3/b18-15-/t11?,13-/m1/s1. The second-order valence-electron chi connectivity index (χ2n) is 5.10. The second kappa shape index (κ2) is 9.00. The SMILES string of the molecule is C=C(C)S/C(=N\C(C)O)C1=N[C@@H](C(=O)OCc2cccnc2)CS1. The van der Waals surface area contributed by atoms with Gasteiger partial charge in [-0.05, 0) is 24.8 Å². The molecule has 0 aliphatic carbocycles. The Balaban J connectivity index is 2.00. The first-order valence-electron chi connectivity index (χ1n) is 7.31. The lowest BCUT2D eigenvalue weighted by atomic mass is 10.3. The Morgan fingerprint density at radius 3 is 3.08 bits per heavy atom. The Hall–Kier alpha value is -1.64.